The van der Waals surface area contributed by atoms with E-state index < -0.39 is 0 Å². The molecule has 3 nitrogen and oxygen atoms in total. The third-order valence-electron chi connectivity index (χ3n) is 10.1. The van der Waals surface area contributed by atoms with Crippen molar-refractivity contribution in [1.29, 1.82) is 0 Å². The highest BCUT2D eigenvalue weighted by Gasteiger charge is 2.60. The Balaban J connectivity index is 1.36. The van der Waals surface area contributed by atoms with Gasteiger partial charge in [0.25, 0.3) is 0 Å². The summed E-state index contributed by atoms with van der Waals surface area (Å²) in [5.41, 5.74) is 3.72. The molecule has 4 aliphatic rings. The largest absolute Gasteiger partial charge is 0.378 e. The Morgan fingerprint density at radius 3 is 2.50 bits per heavy atom. The van der Waals surface area contributed by atoms with E-state index in [0.29, 0.717) is 17.1 Å². The van der Waals surface area contributed by atoms with E-state index in [1.54, 1.807) is 0 Å². The number of benzene rings is 1. The first-order valence-electron chi connectivity index (χ1n) is 12.9. The van der Waals surface area contributed by atoms with Crippen molar-refractivity contribution >= 4 is 23.4 Å². The van der Waals surface area contributed by atoms with Crippen molar-refractivity contribution in [3.05, 3.63) is 35.9 Å². The highest BCUT2D eigenvalue weighted by atomic mass is 16.1. The molecule has 4 aliphatic carbocycles. The van der Waals surface area contributed by atoms with Crippen LogP contribution in [0.2, 0.25) is 0 Å². The highest BCUT2D eigenvalue weighted by molar-refractivity contribution is 6.03. The molecule has 1 unspecified atom stereocenters. The van der Waals surface area contributed by atoms with Gasteiger partial charge >= 0.3 is 0 Å². The van der Waals surface area contributed by atoms with E-state index >= 15 is 0 Å². The van der Waals surface area contributed by atoms with Gasteiger partial charge in [-0.25, -0.2) is 0 Å². The Morgan fingerprint density at radius 1 is 0.969 bits per heavy atom. The Hall–Kier alpha value is -1.90. The fraction of sp³-hybridized carbons (Fsp3) is 0.655. The number of fused-ring (bicyclic) bond motifs is 5. The second-order valence-corrected chi connectivity index (χ2v) is 11.8. The minimum atomic E-state index is 0.0386. The average molecular weight is 433 g/mol. The lowest BCUT2D eigenvalue weighted by atomic mass is 9.45. The second kappa shape index (κ2) is 8.15. The Bertz CT molecular complexity index is 929. The second-order valence-electron chi connectivity index (χ2n) is 11.8. The molecule has 1 aromatic carbocycles. The molecule has 0 heterocycles. The number of hydrogen-bond acceptors (Lipinski definition) is 3. The van der Waals surface area contributed by atoms with E-state index in [-0.39, 0.29) is 5.41 Å². The van der Waals surface area contributed by atoms with E-state index in [9.17, 15) is 4.79 Å². The zero-order valence-corrected chi connectivity index (χ0v) is 20.4. The van der Waals surface area contributed by atoms with Crippen LogP contribution in [0.15, 0.2) is 40.9 Å². The van der Waals surface area contributed by atoms with Gasteiger partial charge in [-0.3, -0.25) is 9.79 Å². The summed E-state index contributed by atoms with van der Waals surface area (Å²) < 4.78 is 0. The van der Waals surface area contributed by atoms with Gasteiger partial charge < -0.3 is 4.90 Å². The van der Waals surface area contributed by atoms with Gasteiger partial charge in [-0.2, -0.15) is 0 Å². The Kier molecular flexibility index (Phi) is 5.58. The van der Waals surface area contributed by atoms with Crippen LogP contribution in [0.5, 0.6) is 0 Å². The Labute approximate surface area is 194 Å². The minimum absolute atomic E-state index is 0.0386. The average Bonchev–Trinajstić information content (AvgIpc) is 3.04. The summed E-state index contributed by atoms with van der Waals surface area (Å²) in [6.07, 6.45) is 15.6. The zero-order valence-electron chi connectivity index (χ0n) is 20.4. The van der Waals surface area contributed by atoms with Crippen LogP contribution < -0.4 is 4.90 Å². The van der Waals surface area contributed by atoms with E-state index in [2.05, 4.69) is 41.9 Å². The van der Waals surface area contributed by atoms with Gasteiger partial charge in [-0.1, -0.05) is 26.7 Å². The monoisotopic (exact) mass is 432 g/mol. The number of hydrogen-bond donors (Lipinski definition) is 0. The summed E-state index contributed by atoms with van der Waals surface area (Å²) >= 11 is 0. The summed E-state index contributed by atoms with van der Waals surface area (Å²) in [5.74, 6) is 3.41. The molecule has 4 fully saturated rings. The maximum Gasteiger partial charge on any atom is 0.159 e. The molecule has 0 amide bonds. The molecule has 6 atom stereocenters. The number of aliphatic imine (C=N–C) groups is 1. The lowest BCUT2D eigenvalue weighted by Crippen LogP contribution is -2.52. The van der Waals surface area contributed by atoms with Crippen molar-refractivity contribution in [2.75, 3.05) is 19.0 Å². The van der Waals surface area contributed by atoms with E-state index in [1.165, 1.54) is 57.1 Å². The van der Waals surface area contributed by atoms with E-state index in [1.807, 2.05) is 32.4 Å². The molecule has 0 saturated heterocycles. The van der Waals surface area contributed by atoms with Gasteiger partial charge in [-0.15, -0.1) is 0 Å². The van der Waals surface area contributed by atoms with Crippen LogP contribution in [0.3, 0.4) is 0 Å². The number of carbonyl (C=O) groups excluding carboxylic acids is 1. The number of Topliss-reactive ketones (excluding diaryl/α,β-unsaturated/α-hetero) is 1. The molecule has 172 valence electrons. The third-order valence-corrected chi connectivity index (χ3v) is 10.1. The Morgan fingerprint density at radius 2 is 1.75 bits per heavy atom. The fourth-order valence-electron chi connectivity index (χ4n) is 8.27. The van der Waals surface area contributed by atoms with Crippen LogP contribution in [0, 0.1) is 34.5 Å². The van der Waals surface area contributed by atoms with Crippen molar-refractivity contribution < 1.29 is 4.79 Å². The standard InChI is InChI=1S/C29H40N2O/c1-28-16-6-5-7-20(28)8-13-23-24(28)14-17-29(2)25(27(32)19-26(23)29)15-18-30-21-9-11-22(12-10-21)31(3)4/h9-12,15,18,20,23-24,26H,5-8,13-14,16-17,19H2,1-4H3/b25-15-,30-18?/t20?,23-,24+,26+,28+,29-/m1/s1. The topological polar surface area (TPSA) is 32.7 Å². The quantitative estimate of drug-likeness (QED) is 0.381. The summed E-state index contributed by atoms with van der Waals surface area (Å²) in [6, 6.07) is 8.25. The maximum absolute atomic E-state index is 13.2. The third kappa shape index (κ3) is 3.47. The number of nitrogens with zero attached hydrogens (tertiary/aromatic N) is 2. The van der Waals surface area contributed by atoms with E-state index in [0.717, 1.165) is 35.4 Å². The molecular formula is C29H40N2O. The van der Waals surface area contributed by atoms with Crippen LogP contribution in [-0.2, 0) is 4.79 Å². The van der Waals surface area contributed by atoms with Crippen molar-refractivity contribution in [1.82, 2.24) is 0 Å². The normalized spacial score (nSPS) is 40.2. The van der Waals surface area contributed by atoms with Crippen molar-refractivity contribution in [3.63, 3.8) is 0 Å². The number of ketones is 1. The van der Waals surface area contributed by atoms with Crippen LogP contribution in [-0.4, -0.2) is 26.1 Å². The lowest BCUT2D eigenvalue weighted by Gasteiger charge is -2.59. The molecule has 5 rings (SSSR count). The molecule has 0 bridgehead atoms. The van der Waals surface area contributed by atoms with Crippen LogP contribution >= 0.6 is 0 Å². The van der Waals surface area contributed by atoms with Crippen molar-refractivity contribution in [2.45, 2.75) is 71.6 Å². The highest BCUT2D eigenvalue weighted by Crippen LogP contribution is 2.66. The minimum Gasteiger partial charge on any atom is -0.378 e. The van der Waals surface area contributed by atoms with Crippen LogP contribution in [0.4, 0.5) is 11.4 Å². The molecule has 0 radical (unpaired) electrons. The maximum atomic E-state index is 13.2. The first-order valence-corrected chi connectivity index (χ1v) is 12.9. The molecule has 32 heavy (non-hydrogen) atoms. The first kappa shape index (κ1) is 21.9. The van der Waals surface area contributed by atoms with Gasteiger partial charge in [-0.05, 0) is 103 Å². The van der Waals surface area contributed by atoms with E-state index in [4.69, 9.17) is 0 Å². The number of carbonyl (C=O) groups is 1. The van der Waals surface area contributed by atoms with Gasteiger partial charge in [0, 0.05) is 38.0 Å². The smallest absolute Gasteiger partial charge is 0.159 e. The molecule has 0 N–H and O–H groups in total. The van der Waals surface area contributed by atoms with Crippen LogP contribution in [0.25, 0.3) is 0 Å². The molecule has 1 aromatic rings. The zero-order chi connectivity index (χ0) is 22.5. The molecule has 3 heteroatoms. The summed E-state index contributed by atoms with van der Waals surface area (Å²) in [5, 5.41) is 0. The van der Waals surface area contributed by atoms with Gasteiger partial charge in [0.2, 0.25) is 0 Å². The predicted octanol–water partition coefficient (Wildman–Crippen LogP) is 6.99. The first-order chi connectivity index (χ1) is 15.3. The van der Waals surface area contributed by atoms with Gasteiger partial charge in [0.1, 0.15) is 0 Å². The molecular weight excluding hydrogens is 392 g/mol. The number of allylic oxidation sites excluding steroid dienone is 2. The molecule has 0 aliphatic heterocycles. The van der Waals surface area contributed by atoms with Crippen LogP contribution in [0.1, 0.15) is 71.6 Å². The number of anilines is 1. The molecule has 0 aromatic heterocycles. The molecule has 0 spiro atoms. The fourth-order valence-corrected chi connectivity index (χ4v) is 8.27. The number of rotatable bonds is 3. The van der Waals surface area contributed by atoms with Gasteiger partial charge in [0.15, 0.2) is 5.78 Å². The molecule has 4 saturated carbocycles. The summed E-state index contributed by atoms with van der Waals surface area (Å²) in [4.78, 5) is 19.9. The van der Waals surface area contributed by atoms with Crippen molar-refractivity contribution in [3.8, 4) is 0 Å². The van der Waals surface area contributed by atoms with Gasteiger partial charge in [0.05, 0.1) is 5.69 Å². The van der Waals surface area contributed by atoms with Crippen molar-refractivity contribution in [2.24, 2.45) is 39.5 Å². The summed E-state index contributed by atoms with van der Waals surface area (Å²) in [6.45, 7) is 5.00. The SMILES string of the molecule is CN(C)c1ccc(N=C/C=C2/C(=O)C[C@H]3[C@@H]4CCC5CCCC[C@]5(C)[C@H]4CC[C@]23C)cc1. The predicted molar refractivity (Wildman–Crippen MR) is 134 cm³/mol. The summed E-state index contributed by atoms with van der Waals surface area (Å²) in [7, 11) is 4.09. The lowest BCUT2D eigenvalue weighted by molar-refractivity contribution is -0.116.